The fourth-order valence-electron chi connectivity index (χ4n) is 0. The van der Waals surface area contributed by atoms with Gasteiger partial charge in [-0.05, 0) is 0 Å². The van der Waals surface area contributed by atoms with Crippen molar-refractivity contribution >= 4 is 17.9 Å². The SMILES string of the molecule is C.O=C(O)S. The molecule has 0 rings (SSSR count). The lowest BCUT2D eigenvalue weighted by atomic mass is 11.6. The number of rotatable bonds is 0. The number of carboxylic acid groups (broad SMARTS) is 1. The van der Waals surface area contributed by atoms with Gasteiger partial charge in [-0.3, -0.25) is 0 Å². The van der Waals surface area contributed by atoms with Crippen LogP contribution in [0.1, 0.15) is 7.43 Å². The summed E-state index contributed by atoms with van der Waals surface area (Å²) in [6.45, 7) is 0. The van der Waals surface area contributed by atoms with Crippen LogP contribution in [0.2, 0.25) is 0 Å². The van der Waals surface area contributed by atoms with Crippen LogP contribution in [-0.2, 0) is 0 Å². The predicted molar refractivity (Wildman–Crippen MR) is 23.7 cm³/mol. The van der Waals surface area contributed by atoms with Crippen molar-refractivity contribution in [2.24, 2.45) is 0 Å². The van der Waals surface area contributed by atoms with Gasteiger partial charge in [0.05, 0.1) is 0 Å². The van der Waals surface area contributed by atoms with E-state index in [1.165, 1.54) is 0 Å². The summed E-state index contributed by atoms with van der Waals surface area (Å²) in [6.07, 6.45) is 0. The summed E-state index contributed by atoms with van der Waals surface area (Å²) in [5.41, 5.74) is 0. The Kier molecular flexibility index (Phi) is 6.76. The molecule has 0 aliphatic rings. The van der Waals surface area contributed by atoms with E-state index in [1.807, 2.05) is 0 Å². The molecule has 0 radical (unpaired) electrons. The Morgan fingerprint density at radius 2 is 1.80 bits per heavy atom. The molecule has 3 heteroatoms. The first-order chi connectivity index (χ1) is 1.73. The summed E-state index contributed by atoms with van der Waals surface area (Å²) in [6, 6.07) is 0. The highest BCUT2D eigenvalue weighted by atomic mass is 32.1. The average Bonchev–Trinajstić information content (AvgIpc) is 0.811. The van der Waals surface area contributed by atoms with E-state index < -0.39 is 5.30 Å². The third kappa shape index (κ3) is 391. The maximum Gasteiger partial charge on any atom is 0.361 e. The minimum atomic E-state index is -1.14. The van der Waals surface area contributed by atoms with E-state index in [2.05, 4.69) is 12.6 Å². The Bertz CT molecular complexity index is 30.6. The molecule has 0 aliphatic carbocycles. The summed E-state index contributed by atoms with van der Waals surface area (Å²) in [5.74, 6) is 0. The van der Waals surface area contributed by atoms with Crippen LogP contribution in [0.15, 0.2) is 0 Å². The van der Waals surface area contributed by atoms with Gasteiger partial charge in [0.15, 0.2) is 0 Å². The molecule has 1 N–H and O–H groups in total. The van der Waals surface area contributed by atoms with Gasteiger partial charge in [0.1, 0.15) is 0 Å². The van der Waals surface area contributed by atoms with Crippen LogP contribution in [0.3, 0.4) is 0 Å². The molecule has 0 aromatic carbocycles. The molecule has 0 spiro atoms. The van der Waals surface area contributed by atoms with Crippen LogP contribution in [0.5, 0.6) is 0 Å². The average molecular weight is 94.1 g/mol. The van der Waals surface area contributed by atoms with Crippen molar-refractivity contribution in [2.75, 3.05) is 0 Å². The Morgan fingerprint density at radius 3 is 1.80 bits per heavy atom. The Hall–Kier alpha value is -0.180. The maximum absolute atomic E-state index is 8.86. The monoisotopic (exact) mass is 94.0 g/mol. The van der Waals surface area contributed by atoms with E-state index in [0.717, 1.165) is 0 Å². The van der Waals surface area contributed by atoms with Gasteiger partial charge >= 0.3 is 5.30 Å². The molecule has 32 valence electrons. The second-order valence-electron chi connectivity index (χ2n) is 0.283. The largest absolute Gasteiger partial charge is 0.473 e. The zero-order valence-corrected chi connectivity index (χ0v) is 2.70. The number of thiol groups is 1. The van der Waals surface area contributed by atoms with E-state index >= 15 is 0 Å². The van der Waals surface area contributed by atoms with Gasteiger partial charge in [-0.25, -0.2) is 4.79 Å². The molecule has 5 heavy (non-hydrogen) atoms. The third-order valence-electron chi connectivity index (χ3n) is 0. The summed E-state index contributed by atoms with van der Waals surface area (Å²) < 4.78 is 0. The first-order valence-electron chi connectivity index (χ1n) is 0.651. The number of hydrogen-bond donors (Lipinski definition) is 2. The van der Waals surface area contributed by atoms with Crippen LogP contribution >= 0.6 is 12.6 Å². The van der Waals surface area contributed by atoms with Crippen LogP contribution in [0.4, 0.5) is 4.79 Å². The molecule has 0 amide bonds. The zero-order valence-electron chi connectivity index (χ0n) is 1.80. The molecule has 0 atom stereocenters. The number of carbonyl (C=O) groups is 1. The first-order valence-corrected chi connectivity index (χ1v) is 1.10. The molecule has 0 fully saturated rings. The maximum atomic E-state index is 8.86. The molecule has 0 aromatic rings. The fraction of sp³-hybridized carbons (Fsp3) is 0.500. The van der Waals surface area contributed by atoms with Crippen molar-refractivity contribution in [3.05, 3.63) is 0 Å². The first kappa shape index (κ1) is 8.84. The Labute approximate surface area is 36.2 Å². The summed E-state index contributed by atoms with van der Waals surface area (Å²) in [4.78, 5) is 8.86. The Morgan fingerprint density at radius 1 is 1.80 bits per heavy atom. The quantitative estimate of drug-likeness (QED) is 0.443. The Balaban J connectivity index is 0. The van der Waals surface area contributed by atoms with Crippen LogP contribution in [0, 0.1) is 0 Å². The molecule has 2 nitrogen and oxygen atoms in total. The molecule has 0 aromatic heterocycles. The number of hydrogen-bond acceptors (Lipinski definition) is 1. The van der Waals surface area contributed by atoms with E-state index in [-0.39, 0.29) is 7.43 Å². The van der Waals surface area contributed by atoms with E-state index in [9.17, 15) is 0 Å². The smallest absolute Gasteiger partial charge is 0.361 e. The van der Waals surface area contributed by atoms with E-state index in [4.69, 9.17) is 9.90 Å². The van der Waals surface area contributed by atoms with Crippen molar-refractivity contribution in [1.29, 1.82) is 0 Å². The molecule has 0 saturated heterocycles. The third-order valence-corrected chi connectivity index (χ3v) is 0. The van der Waals surface area contributed by atoms with Gasteiger partial charge < -0.3 is 5.11 Å². The molecule has 0 saturated carbocycles. The lowest BCUT2D eigenvalue weighted by Gasteiger charge is -1.58. The zero-order chi connectivity index (χ0) is 3.58. The highest BCUT2D eigenvalue weighted by Gasteiger charge is 1.67. The topological polar surface area (TPSA) is 37.3 Å². The molecular formula is C2H6O2S. The molecule has 0 heterocycles. The van der Waals surface area contributed by atoms with E-state index in [1.54, 1.807) is 0 Å². The molecule has 0 aliphatic heterocycles. The second kappa shape index (κ2) is 3.82. The lowest BCUT2D eigenvalue weighted by molar-refractivity contribution is 0.222. The highest BCUT2D eigenvalue weighted by molar-refractivity contribution is 7.96. The van der Waals surface area contributed by atoms with Gasteiger partial charge in [0.25, 0.3) is 0 Å². The van der Waals surface area contributed by atoms with Gasteiger partial charge in [-0.2, -0.15) is 0 Å². The van der Waals surface area contributed by atoms with Crippen molar-refractivity contribution in [1.82, 2.24) is 0 Å². The van der Waals surface area contributed by atoms with Crippen molar-refractivity contribution in [3.63, 3.8) is 0 Å². The van der Waals surface area contributed by atoms with Crippen LogP contribution in [0.25, 0.3) is 0 Å². The summed E-state index contributed by atoms with van der Waals surface area (Å²) in [5, 5.41) is 6.14. The summed E-state index contributed by atoms with van der Waals surface area (Å²) >= 11 is 2.88. The molecular weight excluding hydrogens is 88.1 g/mol. The molecule has 0 bridgehead atoms. The lowest BCUT2D eigenvalue weighted by Crippen LogP contribution is -1.67. The van der Waals surface area contributed by atoms with Gasteiger partial charge in [0.2, 0.25) is 0 Å². The summed E-state index contributed by atoms with van der Waals surface area (Å²) in [7, 11) is 0. The van der Waals surface area contributed by atoms with Gasteiger partial charge in [0, 0.05) is 0 Å². The van der Waals surface area contributed by atoms with E-state index in [0.29, 0.717) is 0 Å². The highest BCUT2D eigenvalue weighted by Crippen LogP contribution is 1.66. The van der Waals surface area contributed by atoms with Gasteiger partial charge in [-0.15, -0.1) is 0 Å². The van der Waals surface area contributed by atoms with Crippen molar-refractivity contribution < 1.29 is 9.90 Å². The minimum Gasteiger partial charge on any atom is -0.473 e. The van der Waals surface area contributed by atoms with Crippen molar-refractivity contribution in [2.45, 2.75) is 7.43 Å². The second-order valence-corrected chi connectivity index (χ2v) is 0.665. The van der Waals surface area contributed by atoms with Crippen LogP contribution in [-0.4, -0.2) is 10.4 Å². The fourth-order valence-corrected chi connectivity index (χ4v) is 0. The molecule has 0 unspecified atom stereocenters. The standard InChI is InChI=1S/CH2O2S.CH4/c2-1(3)4;/h4H,(H,2,3);1H4. The van der Waals surface area contributed by atoms with Crippen molar-refractivity contribution in [3.8, 4) is 0 Å². The predicted octanol–water partition coefficient (Wildman–Crippen LogP) is 1.23. The van der Waals surface area contributed by atoms with Gasteiger partial charge in [-0.1, -0.05) is 20.1 Å². The van der Waals surface area contributed by atoms with Crippen LogP contribution < -0.4 is 0 Å². The normalized spacial score (nSPS) is 5.00. The minimum absolute atomic E-state index is 0.